The summed E-state index contributed by atoms with van der Waals surface area (Å²) in [5.41, 5.74) is 3.27. The number of pyridine rings is 1. The SMILES string of the molecule is Cc1nc(Nc2ccc(C#N)nc2)cc([C@H]2CCCCN2Cc2cnc(N(C)C)nc2)n1. The van der Waals surface area contributed by atoms with Gasteiger partial charge in [0.1, 0.15) is 23.4 Å². The molecule has 0 bridgehead atoms. The predicted octanol–water partition coefficient (Wildman–Crippen LogP) is 3.38. The first-order chi connectivity index (χ1) is 15.5. The summed E-state index contributed by atoms with van der Waals surface area (Å²) in [5, 5.41) is 12.2. The maximum absolute atomic E-state index is 8.94. The zero-order valence-corrected chi connectivity index (χ0v) is 18.7. The van der Waals surface area contributed by atoms with E-state index in [1.807, 2.05) is 56.5 Å². The molecule has 0 aromatic carbocycles. The van der Waals surface area contributed by atoms with Crippen molar-refractivity contribution < 1.29 is 0 Å². The number of aryl methyl sites for hydroxylation is 1. The molecule has 4 rings (SSSR count). The maximum Gasteiger partial charge on any atom is 0.224 e. The van der Waals surface area contributed by atoms with Gasteiger partial charge in [-0.2, -0.15) is 5.26 Å². The summed E-state index contributed by atoms with van der Waals surface area (Å²) in [4.78, 5) is 26.7. The Hall–Kier alpha value is -3.64. The van der Waals surface area contributed by atoms with E-state index < -0.39 is 0 Å². The van der Waals surface area contributed by atoms with Crippen molar-refractivity contribution in [2.75, 3.05) is 30.9 Å². The van der Waals surface area contributed by atoms with Crippen molar-refractivity contribution in [3.8, 4) is 6.07 Å². The molecule has 1 atom stereocenters. The quantitative estimate of drug-likeness (QED) is 0.631. The van der Waals surface area contributed by atoms with Crippen molar-refractivity contribution in [3.63, 3.8) is 0 Å². The Morgan fingerprint density at radius 3 is 2.62 bits per heavy atom. The number of nitrogens with zero attached hydrogens (tertiary/aromatic N) is 8. The van der Waals surface area contributed by atoms with Crippen molar-refractivity contribution in [2.45, 2.75) is 38.8 Å². The van der Waals surface area contributed by atoms with Crippen molar-refractivity contribution >= 4 is 17.5 Å². The molecule has 0 amide bonds. The first kappa shape index (κ1) is 21.6. The van der Waals surface area contributed by atoms with Crippen LogP contribution in [0.5, 0.6) is 0 Å². The number of aromatic nitrogens is 5. The molecular formula is C23H27N9. The molecule has 32 heavy (non-hydrogen) atoms. The standard InChI is InChI=1S/C23H27N9/c1-16-28-20(10-22(29-16)30-19-8-7-18(11-24)25-14-19)21-6-4-5-9-32(21)15-17-12-26-23(27-13-17)31(2)3/h7-8,10,12-14,21H,4-6,9,15H2,1-3H3,(H,28,29,30)/t21-/m1/s1. The largest absolute Gasteiger partial charge is 0.347 e. The second kappa shape index (κ2) is 9.66. The number of hydrogen-bond acceptors (Lipinski definition) is 9. The summed E-state index contributed by atoms with van der Waals surface area (Å²) in [5.74, 6) is 2.15. The molecule has 1 saturated heterocycles. The van der Waals surface area contributed by atoms with Gasteiger partial charge in [-0.3, -0.25) is 4.90 Å². The van der Waals surface area contributed by atoms with Crippen molar-refractivity contribution in [1.82, 2.24) is 29.8 Å². The van der Waals surface area contributed by atoms with Gasteiger partial charge in [0.25, 0.3) is 0 Å². The number of nitrogens with one attached hydrogen (secondary N) is 1. The van der Waals surface area contributed by atoms with E-state index in [4.69, 9.17) is 10.2 Å². The van der Waals surface area contributed by atoms with Crippen molar-refractivity contribution in [3.05, 3.63) is 59.6 Å². The number of nitriles is 1. The highest BCUT2D eigenvalue weighted by Crippen LogP contribution is 2.32. The third-order valence-electron chi connectivity index (χ3n) is 5.44. The van der Waals surface area contributed by atoms with E-state index in [-0.39, 0.29) is 6.04 Å². The number of hydrogen-bond donors (Lipinski definition) is 1. The Bertz CT molecular complexity index is 1090. The molecule has 1 N–H and O–H groups in total. The number of rotatable bonds is 6. The van der Waals surface area contributed by atoms with Gasteiger partial charge in [-0.05, 0) is 38.4 Å². The van der Waals surface area contributed by atoms with Crippen LogP contribution in [0.25, 0.3) is 0 Å². The summed E-state index contributed by atoms with van der Waals surface area (Å²) in [6.07, 6.45) is 8.83. The minimum absolute atomic E-state index is 0.207. The molecule has 0 spiro atoms. The molecule has 9 heteroatoms. The average molecular weight is 430 g/mol. The third-order valence-corrected chi connectivity index (χ3v) is 5.44. The second-order valence-electron chi connectivity index (χ2n) is 8.16. The zero-order valence-electron chi connectivity index (χ0n) is 18.7. The van der Waals surface area contributed by atoms with Crippen LogP contribution in [-0.2, 0) is 6.54 Å². The van der Waals surface area contributed by atoms with Gasteiger partial charge in [0.2, 0.25) is 5.95 Å². The Morgan fingerprint density at radius 1 is 1.12 bits per heavy atom. The van der Waals surface area contributed by atoms with E-state index in [0.29, 0.717) is 11.6 Å². The van der Waals surface area contributed by atoms with Crippen molar-refractivity contribution in [2.24, 2.45) is 0 Å². The van der Waals surface area contributed by atoms with Crippen LogP contribution in [0.2, 0.25) is 0 Å². The van der Waals surface area contributed by atoms with Crippen LogP contribution in [-0.4, -0.2) is 50.5 Å². The second-order valence-corrected chi connectivity index (χ2v) is 8.16. The number of likely N-dealkylation sites (tertiary alicyclic amines) is 1. The van der Waals surface area contributed by atoms with Crippen molar-refractivity contribution in [1.29, 1.82) is 5.26 Å². The third kappa shape index (κ3) is 5.15. The molecule has 0 unspecified atom stereocenters. The Kier molecular flexibility index (Phi) is 6.52. The predicted molar refractivity (Wildman–Crippen MR) is 122 cm³/mol. The van der Waals surface area contributed by atoms with E-state index in [0.717, 1.165) is 48.1 Å². The molecule has 4 heterocycles. The molecule has 0 radical (unpaired) electrons. The molecule has 3 aromatic rings. The van der Waals surface area contributed by atoms with Crippen LogP contribution < -0.4 is 10.2 Å². The Labute approximate surface area is 188 Å². The zero-order chi connectivity index (χ0) is 22.5. The highest BCUT2D eigenvalue weighted by molar-refractivity contribution is 5.55. The fourth-order valence-corrected chi connectivity index (χ4v) is 3.92. The topological polar surface area (TPSA) is 107 Å². The lowest BCUT2D eigenvalue weighted by Gasteiger charge is -2.35. The minimum atomic E-state index is 0.207. The number of piperidine rings is 1. The molecular weight excluding hydrogens is 402 g/mol. The van der Waals surface area contributed by atoms with Gasteiger partial charge < -0.3 is 10.2 Å². The van der Waals surface area contributed by atoms with E-state index >= 15 is 0 Å². The Balaban J connectivity index is 1.54. The lowest BCUT2D eigenvalue weighted by Crippen LogP contribution is -2.33. The van der Waals surface area contributed by atoms with Gasteiger partial charge in [-0.15, -0.1) is 0 Å². The van der Waals surface area contributed by atoms with E-state index in [1.165, 1.54) is 12.8 Å². The molecule has 1 fully saturated rings. The maximum atomic E-state index is 8.94. The van der Waals surface area contributed by atoms with Gasteiger partial charge in [-0.25, -0.2) is 24.9 Å². The molecule has 1 aliphatic heterocycles. The molecule has 0 saturated carbocycles. The smallest absolute Gasteiger partial charge is 0.224 e. The van der Waals surface area contributed by atoms with Crippen LogP contribution in [0.3, 0.4) is 0 Å². The lowest BCUT2D eigenvalue weighted by molar-refractivity contribution is 0.137. The van der Waals surface area contributed by atoms with Crippen LogP contribution >= 0.6 is 0 Å². The highest BCUT2D eigenvalue weighted by Gasteiger charge is 2.26. The van der Waals surface area contributed by atoms with Gasteiger partial charge in [0.15, 0.2) is 0 Å². The number of anilines is 3. The van der Waals surface area contributed by atoms with E-state index in [2.05, 4.69) is 30.2 Å². The van der Waals surface area contributed by atoms with Gasteiger partial charge in [0, 0.05) is 44.7 Å². The highest BCUT2D eigenvalue weighted by atomic mass is 15.2. The fraction of sp³-hybridized carbons (Fsp3) is 0.391. The molecule has 164 valence electrons. The van der Waals surface area contributed by atoms with E-state index in [1.54, 1.807) is 12.3 Å². The lowest BCUT2D eigenvalue weighted by atomic mass is 9.98. The molecule has 0 aliphatic carbocycles. The Morgan fingerprint density at radius 2 is 1.94 bits per heavy atom. The summed E-state index contributed by atoms with van der Waals surface area (Å²) in [6, 6.07) is 7.76. The summed E-state index contributed by atoms with van der Waals surface area (Å²) in [6.45, 7) is 3.70. The van der Waals surface area contributed by atoms with Gasteiger partial charge in [0.05, 0.1) is 23.6 Å². The molecule has 3 aromatic heterocycles. The normalized spacial score (nSPS) is 16.4. The summed E-state index contributed by atoms with van der Waals surface area (Å²) < 4.78 is 0. The van der Waals surface area contributed by atoms with Gasteiger partial charge in [-0.1, -0.05) is 6.42 Å². The summed E-state index contributed by atoms with van der Waals surface area (Å²) >= 11 is 0. The van der Waals surface area contributed by atoms with Crippen LogP contribution in [0.1, 0.15) is 48.1 Å². The fourth-order valence-electron chi connectivity index (χ4n) is 3.92. The molecule has 9 nitrogen and oxygen atoms in total. The first-order valence-corrected chi connectivity index (χ1v) is 10.7. The minimum Gasteiger partial charge on any atom is -0.347 e. The van der Waals surface area contributed by atoms with Crippen LogP contribution in [0, 0.1) is 18.3 Å². The van der Waals surface area contributed by atoms with Crippen LogP contribution in [0.15, 0.2) is 36.8 Å². The summed E-state index contributed by atoms with van der Waals surface area (Å²) in [7, 11) is 3.87. The first-order valence-electron chi connectivity index (χ1n) is 10.7. The van der Waals surface area contributed by atoms with Crippen LogP contribution in [0.4, 0.5) is 17.5 Å². The monoisotopic (exact) mass is 429 g/mol. The van der Waals surface area contributed by atoms with E-state index in [9.17, 15) is 0 Å². The van der Waals surface area contributed by atoms with Gasteiger partial charge >= 0.3 is 0 Å². The molecule has 1 aliphatic rings. The average Bonchev–Trinajstić information content (AvgIpc) is 2.80.